The zero-order valence-electron chi connectivity index (χ0n) is 10.8. The smallest absolute Gasteiger partial charge is 0.00103 e. The van der Waals surface area contributed by atoms with Crippen molar-refractivity contribution < 1.29 is 0 Å². The van der Waals surface area contributed by atoms with Gasteiger partial charge in [0.15, 0.2) is 0 Å². The molecule has 2 nitrogen and oxygen atoms in total. The highest BCUT2D eigenvalue weighted by molar-refractivity contribution is 4.75. The molecule has 1 fully saturated rings. The first-order valence-corrected chi connectivity index (χ1v) is 6.60. The van der Waals surface area contributed by atoms with Gasteiger partial charge in [-0.15, -0.1) is 0 Å². The third-order valence-corrected chi connectivity index (χ3v) is 3.04. The van der Waals surface area contributed by atoms with E-state index in [0.29, 0.717) is 6.04 Å². The topological polar surface area (TPSA) is 15.3 Å². The van der Waals surface area contributed by atoms with Crippen LogP contribution >= 0.6 is 0 Å². The average Bonchev–Trinajstić information content (AvgIpc) is 2.94. The van der Waals surface area contributed by atoms with Crippen molar-refractivity contribution in [2.75, 3.05) is 26.7 Å². The van der Waals surface area contributed by atoms with Gasteiger partial charge in [-0.3, -0.25) is 0 Å². The van der Waals surface area contributed by atoms with Crippen LogP contribution in [0.15, 0.2) is 0 Å². The second-order valence-corrected chi connectivity index (χ2v) is 5.38. The van der Waals surface area contributed by atoms with Crippen LogP contribution in [0.5, 0.6) is 0 Å². The molecular formula is C13H28N2. The normalized spacial score (nSPS) is 16.6. The molecule has 90 valence electrons. The van der Waals surface area contributed by atoms with Gasteiger partial charge in [-0.25, -0.2) is 0 Å². The quantitative estimate of drug-likeness (QED) is 0.591. The molecule has 15 heavy (non-hydrogen) atoms. The summed E-state index contributed by atoms with van der Waals surface area (Å²) in [6.07, 6.45) is 7.01. The van der Waals surface area contributed by atoms with Crippen LogP contribution in [-0.2, 0) is 0 Å². The van der Waals surface area contributed by atoms with Crippen molar-refractivity contribution >= 4 is 0 Å². The van der Waals surface area contributed by atoms with Gasteiger partial charge in [0.25, 0.3) is 0 Å². The van der Waals surface area contributed by atoms with Crippen molar-refractivity contribution in [2.45, 2.75) is 52.0 Å². The second-order valence-electron chi connectivity index (χ2n) is 5.38. The number of hydrogen-bond donors (Lipinski definition) is 1. The van der Waals surface area contributed by atoms with Crippen molar-refractivity contribution in [1.82, 2.24) is 10.2 Å². The zero-order valence-corrected chi connectivity index (χ0v) is 10.8. The number of hydrogen-bond acceptors (Lipinski definition) is 2. The minimum Gasteiger partial charge on any atom is -0.315 e. The number of nitrogens with zero attached hydrogens (tertiary/aromatic N) is 1. The molecule has 2 heteroatoms. The largest absolute Gasteiger partial charge is 0.315 e. The van der Waals surface area contributed by atoms with E-state index in [1.807, 2.05) is 0 Å². The van der Waals surface area contributed by atoms with Gasteiger partial charge in [0.05, 0.1) is 0 Å². The molecule has 0 unspecified atom stereocenters. The maximum atomic E-state index is 3.46. The molecule has 0 aromatic heterocycles. The average molecular weight is 212 g/mol. The Hall–Kier alpha value is -0.0800. The van der Waals surface area contributed by atoms with Gasteiger partial charge < -0.3 is 10.2 Å². The van der Waals surface area contributed by atoms with Crippen LogP contribution in [0.1, 0.15) is 46.0 Å². The summed E-state index contributed by atoms with van der Waals surface area (Å²) in [6.45, 7) is 8.24. The van der Waals surface area contributed by atoms with Crippen molar-refractivity contribution in [3.05, 3.63) is 0 Å². The Morgan fingerprint density at radius 1 is 1.20 bits per heavy atom. The van der Waals surface area contributed by atoms with E-state index in [4.69, 9.17) is 0 Å². The van der Waals surface area contributed by atoms with Crippen molar-refractivity contribution in [3.63, 3.8) is 0 Å². The monoisotopic (exact) mass is 212 g/mol. The van der Waals surface area contributed by atoms with Gasteiger partial charge in [0, 0.05) is 12.6 Å². The van der Waals surface area contributed by atoms with Crippen LogP contribution in [0.2, 0.25) is 0 Å². The minimum absolute atomic E-state index is 0.641. The van der Waals surface area contributed by atoms with E-state index in [-0.39, 0.29) is 0 Å². The van der Waals surface area contributed by atoms with Gasteiger partial charge in [0.1, 0.15) is 0 Å². The molecule has 0 aromatic rings. The predicted molar refractivity (Wildman–Crippen MR) is 67.2 cm³/mol. The summed E-state index contributed by atoms with van der Waals surface area (Å²) in [4.78, 5) is 2.51. The molecule has 1 rings (SSSR count). The van der Waals surface area contributed by atoms with E-state index < -0.39 is 0 Å². The summed E-state index contributed by atoms with van der Waals surface area (Å²) >= 11 is 0. The van der Waals surface area contributed by atoms with E-state index in [0.717, 1.165) is 5.92 Å². The van der Waals surface area contributed by atoms with Gasteiger partial charge in [-0.1, -0.05) is 20.3 Å². The lowest BCUT2D eigenvalue weighted by atomic mass is 10.2. The molecule has 1 saturated carbocycles. The second kappa shape index (κ2) is 7.24. The summed E-state index contributed by atoms with van der Waals surface area (Å²) in [5.41, 5.74) is 0. The Kier molecular flexibility index (Phi) is 6.26. The van der Waals surface area contributed by atoms with E-state index in [1.54, 1.807) is 0 Å². The van der Waals surface area contributed by atoms with Crippen LogP contribution < -0.4 is 5.32 Å². The van der Waals surface area contributed by atoms with E-state index in [9.17, 15) is 0 Å². The molecule has 0 aromatic carbocycles. The molecule has 0 radical (unpaired) electrons. The first-order chi connectivity index (χ1) is 7.18. The van der Waals surface area contributed by atoms with Crippen LogP contribution in [0.25, 0.3) is 0 Å². The Morgan fingerprint density at radius 2 is 1.93 bits per heavy atom. The van der Waals surface area contributed by atoms with Crippen LogP contribution in [0, 0.1) is 5.92 Å². The summed E-state index contributed by atoms with van der Waals surface area (Å²) in [7, 11) is 2.27. The molecule has 1 N–H and O–H groups in total. The number of rotatable bonds is 9. The summed E-state index contributed by atoms with van der Waals surface area (Å²) in [5, 5.41) is 3.46. The van der Waals surface area contributed by atoms with Gasteiger partial charge >= 0.3 is 0 Å². The number of nitrogens with one attached hydrogen (secondary N) is 1. The third kappa shape index (κ3) is 7.80. The Balaban J connectivity index is 1.79. The SMILES string of the molecule is CC(C)NCCCCCN(C)CC1CC1. The highest BCUT2D eigenvalue weighted by atomic mass is 15.1. The van der Waals surface area contributed by atoms with Crippen LogP contribution in [-0.4, -0.2) is 37.6 Å². The van der Waals surface area contributed by atoms with Crippen LogP contribution in [0.3, 0.4) is 0 Å². The highest BCUT2D eigenvalue weighted by Crippen LogP contribution is 2.29. The molecule has 0 aliphatic heterocycles. The first-order valence-electron chi connectivity index (χ1n) is 6.60. The fourth-order valence-electron chi connectivity index (χ4n) is 1.91. The maximum Gasteiger partial charge on any atom is 0.00103 e. The van der Waals surface area contributed by atoms with Gasteiger partial charge in [-0.05, 0) is 51.7 Å². The Labute approximate surface area is 95.4 Å². The molecule has 0 amide bonds. The van der Waals surface area contributed by atoms with Crippen molar-refractivity contribution in [3.8, 4) is 0 Å². The Bertz CT molecular complexity index is 153. The summed E-state index contributed by atoms with van der Waals surface area (Å²) in [5.74, 6) is 1.04. The Morgan fingerprint density at radius 3 is 2.53 bits per heavy atom. The minimum atomic E-state index is 0.641. The maximum absolute atomic E-state index is 3.46. The van der Waals surface area contributed by atoms with Gasteiger partial charge in [-0.2, -0.15) is 0 Å². The molecule has 1 aliphatic rings. The van der Waals surface area contributed by atoms with Crippen LogP contribution in [0.4, 0.5) is 0 Å². The van der Waals surface area contributed by atoms with E-state index in [1.165, 1.54) is 51.7 Å². The highest BCUT2D eigenvalue weighted by Gasteiger charge is 2.22. The molecule has 0 saturated heterocycles. The molecule has 0 heterocycles. The lowest BCUT2D eigenvalue weighted by Crippen LogP contribution is -2.24. The summed E-state index contributed by atoms with van der Waals surface area (Å²) < 4.78 is 0. The molecular weight excluding hydrogens is 184 g/mol. The van der Waals surface area contributed by atoms with Crippen molar-refractivity contribution in [2.24, 2.45) is 5.92 Å². The lowest BCUT2D eigenvalue weighted by Gasteiger charge is -2.15. The fraction of sp³-hybridized carbons (Fsp3) is 1.00. The molecule has 0 bridgehead atoms. The number of unbranched alkanes of at least 4 members (excludes halogenated alkanes) is 2. The first kappa shape index (κ1) is 13.0. The van der Waals surface area contributed by atoms with E-state index in [2.05, 4.69) is 31.1 Å². The van der Waals surface area contributed by atoms with Crippen molar-refractivity contribution in [1.29, 1.82) is 0 Å². The fourth-order valence-corrected chi connectivity index (χ4v) is 1.91. The lowest BCUT2D eigenvalue weighted by molar-refractivity contribution is 0.311. The summed E-state index contributed by atoms with van der Waals surface area (Å²) in [6, 6.07) is 0.641. The van der Waals surface area contributed by atoms with Gasteiger partial charge in [0.2, 0.25) is 0 Å². The van der Waals surface area contributed by atoms with E-state index >= 15 is 0 Å². The third-order valence-electron chi connectivity index (χ3n) is 3.04. The molecule has 0 atom stereocenters. The standard InChI is InChI=1S/C13H28N2/c1-12(2)14-9-5-4-6-10-15(3)11-13-7-8-13/h12-14H,4-11H2,1-3H3. The molecule has 1 aliphatic carbocycles. The predicted octanol–water partition coefficient (Wildman–Crippen LogP) is 2.50. The zero-order chi connectivity index (χ0) is 11.1. The molecule has 0 spiro atoms.